The molecule has 1 aliphatic carbocycles. The Morgan fingerprint density at radius 2 is 2.00 bits per heavy atom. The predicted molar refractivity (Wildman–Crippen MR) is 110 cm³/mol. The van der Waals surface area contributed by atoms with Crippen molar-refractivity contribution in [3.63, 3.8) is 0 Å². The molecule has 5 nitrogen and oxygen atoms in total. The van der Waals surface area contributed by atoms with E-state index >= 15 is 0 Å². The molecule has 0 spiro atoms. The van der Waals surface area contributed by atoms with Gasteiger partial charge in [-0.2, -0.15) is 13.2 Å². The number of amides is 1. The van der Waals surface area contributed by atoms with E-state index in [1.54, 1.807) is 29.0 Å². The van der Waals surface area contributed by atoms with Crippen molar-refractivity contribution in [3.05, 3.63) is 59.4 Å². The van der Waals surface area contributed by atoms with Crippen LogP contribution in [-0.4, -0.2) is 53.5 Å². The minimum absolute atomic E-state index is 0.00218. The van der Waals surface area contributed by atoms with Crippen LogP contribution in [0, 0.1) is 5.92 Å². The number of likely N-dealkylation sites (tertiary alicyclic amines) is 1. The summed E-state index contributed by atoms with van der Waals surface area (Å²) in [5.74, 6) is -0.488. The summed E-state index contributed by atoms with van der Waals surface area (Å²) in [7, 11) is 1.76. The first-order chi connectivity index (χ1) is 14.1. The first-order valence-corrected chi connectivity index (χ1v) is 10.3. The quantitative estimate of drug-likeness (QED) is 0.731. The second kappa shape index (κ2) is 8.62. The van der Waals surface area contributed by atoms with Gasteiger partial charge in [-0.05, 0) is 42.9 Å². The molecule has 2 N–H and O–H groups in total. The molecule has 3 rings (SSSR count). The SMILES string of the molecule is C=C1N(C)C(N)=C(/C=C(\CC)C2=CC=C[C@H](C(F)(F)F)C2)N1CC(=O)N1CCCC1. The molecule has 0 aromatic rings. The third kappa shape index (κ3) is 4.42. The zero-order chi connectivity index (χ0) is 22.1. The standard InChI is InChI=1S/C22H29F3N4O/c1-4-16(17-8-7-9-18(12-17)22(23,24)25)13-19-21(26)27(3)15(2)29(19)14-20(30)28-10-5-6-11-28/h7-9,13,18H,2,4-6,10-12,14,26H2,1,3H3/b16-13+/t18-/m0/s1. The zero-order valence-electron chi connectivity index (χ0n) is 17.5. The Bertz CT molecular complexity index is 832. The molecule has 1 fully saturated rings. The molecular formula is C22H29F3N4O. The average molecular weight is 422 g/mol. The minimum atomic E-state index is -4.27. The highest BCUT2D eigenvalue weighted by Crippen LogP contribution is 2.38. The van der Waals surface area contributed by atoms with E-state index < -0.39 is 12.1 Å². The Labute approximate surface area is 175 Å². The van der Waals surface area contributed by atoms with E-state index in [-0.39, 0.29) is 18.9 Å². The fourth-order valence-corrected chi connectivity index (χ4v) is 4.03. The van der Waals surface area contributed by atoms with Crippen molar-refractivity contribution in [2.45, 2.75) is 38.8 Å². The van der Waals surface area contributed by atoms with Crippen molar-refractivity contribution < 1.29 is 18.0 Å². The topological polar surface area (TPSA) is 52.8 Å². The lowest BCUT2D eigenvalue weighted by molar-refractivity contribution is -0.160. The smallest absolute Gasteiger partial charge is 0.383 e. The second-order valence-electron chi connectivity index (χ2n) is 7.87. The molecule has 0 radical (unpaired) electrons. The maximum atomic E-state index is 13.2. The van der Waals surface area contributed by atoms with E-state index in [1.165, 1.54) is 12.2 Å². The number of hydrogen-bond acceptors (Lipinski definition) is 4. The van der Waals surface area contributed by atoms with Gasteiger partial charge in [0.2, 0.25) is 5.91 Å². The molecule has 1 saturated heterocycles. The molecule has 0 saturated carbocycles. The summed E-state index contributed by atoms with van der Waals surface area (Å²) in [5, 5.41) is 0. The average Bonchev–Trinajstić information content (AvgIpc) is 3.31. The highest BCUT2D eigenvalue weighted by molar-refractivity contribution is 5.79. The van der Waals surface area contributed by atoms with Crippen LogP contribution in [0.25, 0.3) is 0 Å². The van der Waals surface area contributed by atoms with Crippen LogP contribution in [0.5, 0.6) is 0 Å². The van der Waals surface area contributed by atoms with Gasteiger partial charge in [0.1, 0.15) is 18.2 Å². The number of carbonyl (C=O) groups is 1. The number of hydrogen-bond donors (Lipinski definition) is 1. The number of allylic oxidation sites excluding steroid dienone is 6. The minimum Gasteiger partial charge on any atom is -0.383 e. The lowest BCUT2D eigenvalue weighted by Gasteiger charge is -2.26. The third-order valence-corrected chi connectivity index (χ3v) is 5.97. The molecule has 0 unspecified atom stereocenters. The van der Waals surface area contributed by atoms with Gasteiger partial charge in [-0.3, -0.25) is 4.79 Å². The summed E-state index contributed by atoms with van der Waals surface area (Å²) in [6.07, 6.45) is 4.36. The third-order valence-electron chi connectivity index (χ3n) is 5.97. The molecule has 30 heavy (non-hydrogen) atoms. The number of carbonyl (C=O) groups excluding carboxylic acids is 1. The van der Waals surface area contributed by atoms with Gasteiger partial charge in [0.05, 0.1) is 11.6 Å². The van der Waals surface area contributed by atoms with E-state index in [4.69, 9.17) is 5.73 Å². The Balaban J connectivity index is 1.87. The molecule has 1 atom stereocenters. The van der Waals surface area contributed by atoms with Crippen LogP contribution in [0.15, 0.2) is 59.4 Å². The summed E-state index contributed by atoms with van der Waals surface area (Å²) in [6.45, 7) is 7.55. The molecule has 3 aliphatic rings. The van der Waals surface area contributed by atoms with Gasteiger partial charge in [0.15, 0.2) is 0 Å². The number of nitrogens with zero attached hydrogens (tertiary/aromatic N) is 3. The van der Waals surface area contributed by atoms with Gasteiger partial charge in [-0.15, -0.1) is 0 Å². The number of rotatable bonds is 5. The summed E-state index contributed by atoms with van der Waals surface area (Å²) in [4.78, 5) is 18.0. The number of halogens is 3. The summed E-state index contributed by atoms with van der Waals surface area (Å²) < 4.78 is 39.6. The highest BCUT2D eigenvalue weighted by Gasteiger charge is 2.39. The fraction of sp³-hybridized carbons (Fsp3) is 0.500. The summed E-state index contributed by atoms with van der Waals surface area (Å²) in [5.41, 5.74) is 8.29. The lowest BCUT2D eigenvalue weighted by atomic mass is 9.88. The first kappa shape index (κ1) is 22.1. The second-order valence-corrected chi connectivity index (χ2v) is 7.87. The van der Waals surface area contributed by atoms with Crippen LogP contribution < -0.4 is 5.73 Å². The molecule has 2 aliphatic heterocycles. The molecule has 0 aromatic heterocycles. The van der Waals surface area contributed by atoms with E-state index in [0.717, 1.165) is 31.5 Å². The van der Waals surface area contributed by atoms with Gasteiger partial charge in [0.25, 0.3) is 0 Å². The normalized spacial score (nSPS) is 23.0. The van der Waals surface area contributed by atoms with Gasteiger partial charge in [-0.1, -0.05) is 31.7 Å². The number of nitrogens with two attached hydrogens (primary N) is 1. The Kier molecular flexibility index (Phi) is 6.33. The largest absolute Gasteiger partial charge is 0.395 e. The fourth-order valence-electron chi connectivity index (χ4n) is 4.03. The molecule has 164 valence electrons. The maximum absolute atomic E-state index is 13.2. The van der Waals surface area contributed by atoms with Crippen molar-refractivity contribution in [1.29, 1.82) is 0 Å². The van der Waals surface area contributed by atoms with Crippen LogP contribution in [-0.2, 0) is 4.79 Å². The van der Waals surface area contributed by atoms with Crippen LogP contribution >= 0.6 is 0 Å². The molecule has 1 amide bonds. The monoisotopic (exact) mass is 422 g/mol. The van der Waals surface area contributed by atoms with Gasteiger partial charge >= 0.3 is 6.18 Å². The van der Waals surface area contributed by atoms with Crippen LogP contribution in [0.4, 0.5) is 13.2 Å². The Morgan fingerprint density at radius 3 is 2.60 bits per heavy atom. The lowest BCUT2D eigenvalue weighted by Crippen LogP contribution is -2.37. The van der Waals surface area contributed by atoms with Crippen LogP contribution in [0.1, 0.15) is 32.6 Å². The zero-order valence-corrected chi connectivity index (χ0v) is 17.5. The van der Waals surface area contributed by atoms with Crippen molar-refractivity contribution >= 4 is 5.91 Å². The van der Waals surface area contributed by atoms with Crippen molar-refractivity contribution in [3.8, 4) is 0 Å². The Morgan fingerprint density at radius 1 is 1.33 bits per heavy atom. The van der Waals surface area contributed by atoms with Crippen molar-refractivity contribution in [1.82, 2.24) is 14.7 Å². The summed E-state index contributed by atoms with van der Waals surface area (Å²) in [6, 6.07) is 0. The first-order valence-electron chi connectivity index (χ1n) is 10.3. The highest BCUT2D eigenvalue weighted by atomic mass is 19.4. The molecular weight excluding hydrogens is 393 g/mol. The molecule has 8 heteroatoms. The van der Waals surface area contributed by atoms with Crippen LogP contribution in [0.2, 0.25) is 0 Å². The molecule has 0 aromatic carbocycles. The van der Waals surface area contributed by atoms with E-state index in [1.807, 2.05) is 11.8 Å². The predicted octanol–water partition coefficient (Wildman–Crippen LogP) is 3.86. The van der Waals surface area contributed by atoms with E-state index in [0.29, 0.717) is 29.3 Å². The van der Waals surface area contributed by atoms with E-state index in [9.17, 15) is 18.0 Å². The molecule has 0 bridgehead atoms. The summed E-state index contributed by atoms with van der Waals surface area (Å²) >= 11 is 0. The van der Waals surface area contributed by atoms with Gasteiger partial charge in [-0.25, -0.2) is 0 Å². The van der Waals surface area contributed by atoms with Gasteiger partial charge in [0, 0.05) is 20.1 Å². The van der Waals surface area contributed by atoms with Crippen molar-refractivity contribution in [2.24, 2.45) is 11.7 Å². The number of alkyl halides is 3. The van der Waals surface area contributed by atoms with Crippen LogP contribution in [0.3, 0.4) is 0 Å². The van der Waals surface area contributed by atoms with Gasteiger partial charge < -0.3 is 20.4 Å². The van der Waals surface area contributed by atoms with E-state index in [2.05, 4.69) is 6.58 Å². The molecule has 2 heterocycles. The van der Waals surface area contributed by atoms with Crippen molar-refractivity contribution in [2.75, 3.05) is 26.7 Å². The Hall–Kier alpha value is -2.64. The maximum Gasteiger partial charge on any atom is 0.395 e.